The summed E-state index contributed by atoms with van der Waals surface area (Å²) in [7, 11) is -3.86. The van der Waals surface area contributed by atoms with Crippen LogP contribution in [0.3, 0.4) is 0 Å². The van der Waals surface area contributed by atoms with Crippen molar-refractivity contribution >= 4 is 62.2 Å². The van der Waals surface area contributed by atoms with E-state index in [1.165, 1.54) is 40.5 Å². The van der Waals surface area contributed by atoms with Gasteiger partial charge < -0.3 is 19.8 Å². The Morgan fingerprint density at radius 2 is 1.67 bits per heavy atom. The minimum Gasteiger partial charge on any atom is -0.490 e. The zero-order valence-electron chi connectivity index (χ0n) is 27.5. The van der Waals surface area contributed by atoms with Crippen molar-refractivity contribution in [2.75, 3.05) is 23.4 Å². The number of amides is 3. The number of rotatable bonds is 9. The number of hydrogen-bond donors (Lipinski definition) is 3. The molecule has 15 heteroatoms. The van der Waals surface area contributed by atoms with E-state index in [1.807, 2.05) is 50.2 Å². The largest absolute Gasteiger partial charge is 0.490 e. The van der Waals surface area contributed by atoms with Crippen LogP contribution in [0.4, 0.5) is 11.4 Å². The molecule has 264 valence electrons. The first-order valence-corrected chi connectivity index (χ1v) is 19.8. The maximum Gasteiger partial charge on any atom is 0.305 e. The fourth-order valence-corrected chi connectivity index (χ4v) is 11.9. The zero-order chi connectivity index (χ0) is 35.8. The van der Waals surface area contributed by atoms with Crippen molar-refractivity contribution in [2.24, 2.45) is 34.7 Å². The molecule has 4 N–H and O–H groups in total. The number of carbonyl (C=O) groups excluding carboxylic acids is 3. The number of primary sulfonamides is 1. The highest BCUT2D eigenvalue weighted by atomic mass is 32.2. The molecule has 51 heavy (non-hydrogen) atoms. The predicted molar refractivity (Wildman–Crippen MR) is 192 cm³/mol. The number of fused-ring (bicyclic) bond motifs is 9. The number of thioether (sulfide) groups is 1. The molecule has 1 aromatic heterocycles. The molecule has 3 amide bonds. The lowest BCUT2D eigenvalue weighted by Gasteiger charge is -2.43. The summed E-state index contributed by atoms with van der Waals surface area (Å²) >= 11 is 2.80. The molecule has 3 fully saturated rings. The summed E-state index contributed by atoms with van der Waals surface area (Å²) in [4.78, 5) is 58.6. The van der Waals surface area contributed by atoms with Gasteiger partial charge in [0, 0.05) is 21.7 Å². The number of hydrogen-bond acceptors (Lipinski definition) is 10. The molecule has 7 atom stereocenters. The van der Waals surface area contributed by atoms with Crippen LogP contribution in [-0.2, 0) is 24.4 Å². The zero-order valence-corrected chi connectivity index (χ0v) is 30.0. The Morgan fingerprint density at radius 1 is 0.961 bits per heavy atom. The van der Waals surface area contributed by atoms with Gasteiger partial charge in [0.05, 0.1) is 34.1 Å². The molecule has 0 spiro atoms. The van der Waals surface area contributed by atoms with Crippen LogP contribution in [0.15, 0.2) is 81.4 Å². The molecule has 4 aromatic rings. The molecule has 2 aliphatic heterocycles. The van der Waals surface area contributed by atoms with Gasteiger partial charge in [-0.25, -0.2) is 13.6 Å². The Balaban J connectivity index is 1.07. The second-order valence-electron chi connectivity index (χ2n) is 13.4. The topological polar surface area (TPSA) is 178 Å². The van der Waals surface area contributed by atoms with E-state index in [2.05, 4.69) is 10.3 Å². The van der Waals surface area contributed by atoms with Crippen LogP contribution in [0.2, 0.25) is 0 Å². The van der Waals surface area contributed by atoms with Crippen molar-refractivity contribution in [1.82, 2.24) is 4.98 Å². The maximum atomic E-state index is 14.1. The van der Waals surface area contributed by atoms with Crippen LogP contribution in [0, 0.1) is 36.5 Å². The Kier molecular flexibility index (Phi) is 8.36. The standard InChI is InChI=1S/C36H34N4O8S3/c1-3-47-25-14-18(6-13-24(25)48-16-26(41)38-19-7-11-21(12-8-19)51(37,45)46)27-28-22-15-23(31(28)49-33-32(27)50-36(44)39-33)30-29(22)34(42)40(35(30)43)20-9-4-17(2)5-10-20/h4-14,22-23,27-31H,3,15-16H2,1-2H3,(H,38,41)(H,39,44)(H2,37,45,46)/t22?,23?,27-,28?,29?,30?,31?/m1/s1. The van der Waals surface area contributed by atoms with Crippen LogP contribution in [0.5, 0.6) is 11.5 Å². The molecular formula is C36H34N4O8S3. The van der Waals surface area contributed by atoms with Gasteiger partial charge in [-0.05, 0) is 92.1 Å². The highest BCUT2D eigenvalue weighted by Gasteiger charge is 2.69. The molecule has 1 saturated heterocycles. The molecule has 3 heterocycles. The molecular weight excluding hydrogens is 713 g/mol. The number of nitrogens with one attached hydrogen (secondary N) is 2. The number of anilines is 2. The summed E-state index contributed by atoms with van der Waals surface area (Å²) in [5, 5.41) is 8.66. The molecule has 0 radical (unpaired) electrons. The van der Waals surface area contributed by atoms with Gasteiger partial charge in [-0.2, -0.15) is 0 Å². The minimum atomic E-state index is -3.86. The van der Waals surface area contributed by atoms with E-state index in [4.69, 9.17) is 14.6 Å². The van der Waals surface area contributed by atoms with E-state index in [9.17, 15) is 27.6 Å². The van der Waals surface area contributed by atoms with Crippen molar-refractivity contribution in [3.05, 3.63) is 92.4 Å². The summed E-state index contributed by atoms with van der Waals surface area (Å²) in [6.07, 6.45) is 0.770. The smallest absolute Gasteiger partial charge is 0.305 e. The number of aromatic nitrogens is 1. The number of carbonyl (C=O) groups is 3. The third kappa shape index (κ3) is 5.76. The third-order valence-electron chi connectivity index (χ3n) is 10.5. The average Bonchev–Trinajstić information content (AvgIpc) is 3.83. The highest BCUT2D eigenvalue weighted by molar-refractivity contribution is 8.00. The van der Waals surface area contributed by atoms with Gasteiger partial charge in [0.15, 0.2) is 18.1 Å². The molecule has 12 nitrogen and oxygen atoms in total. The number of ether oxygens (including phenoxy) is 2. The van der Waals surface area contributed by atoms with Crippen LogP contribution >= 0.6 is 23.1 Å². The van der Waals surface area contributed by atoms with Gasteiger partial charge in [0.2, 0.25) is 21.8 Å². The van der Waals surface area contributed by atoms with E-state index in [0.717, 1.165) is 27.5 Å². The number of thiazole rings is 1. The number of nitrogens with zero attached hydrogens (tertiary/aromatic N) is 1. The summed E-state index contributed by atoms with van der Waals surface area (Å²) < 4.78 is 35.0. The van der Waals surface area contributed by atoms with Crippen molar-refractivity contribution in [1.29, 1.82) is 0 Å². The van der Waals surface area contributed by atoms with Gasteiger partial charge in [-0.15, -0.1) is 11.8 Å². The Morgan fingerprint density at radius 3 is 2.35 bits per heavy atom. The first kappa shape index (κ1) is 33.7. The monoisotopic (exact) mass is 746 g/mol. The average molecular weight is 747 g/mol. The number of aromatic amines is 1. The second kappa shape index (κ2) is 12.7. The van der Waals surface area contributed by atoms with Crippen molar-refractivity contribution in [3.63, 3.8) is 0 Å². The fraction of sp³-hybridized carbons (Fsp3) is 0.333. The lowest BCUT2D eigenvalue weighted by atomic mass is 9.68. The molecule has 2 aliphatic carbocycles. The molecule has 8 rings (SSSR count). The van der Waals surface area contributed by atoms with Crippen LogP contribution < -0.4 is 29.7 Å². The van der Waals surface area contributed by atoms with Crippen LogP contribution in [0.25, 0.3) is 0 Å². The molecule has 4 aliphatic rings. The van der Waals surface area contributed by atoms with E-state index in [1.54, 1.807) is 17.8 Å². The van der Waals surface area contributed by atoms with E-state index in [-0.39, 0.29) is 57.1 Å². The van der Waals surface area contributed by atoms with E-state index >= 15 is 0 Å². The molecule has 2 saturated carbocycles. The van der Waals surface area contributed by atoms with Crippen molar-refractivity contribution in [3.8, 4) is 11.5 Å². The van der Waals surface area contributed by atoms with Crippen LogP contribution in [0.1, 0.15) is 35.3 Å². The summed E-state index contributed by atoms with van der Waals surface area (Å²) in [5.41, 5.74) is 2.92. The summed E-state index contributed by atoms with van der Waals surface area (Å²) in [5.74, 6) is -1.06. The van der Waals surface area contributed by atoms with Gasteiger partial charge in [-0.1, -0.05) is 35.1 Å². The first-order chi connectivity index (χ1) is 24.4. The van der Waals surface area contributed by atoms with Crippen molar-refractivity contribution < 1.29 is 32.3 Å². The fourth-order valence-electron chi connectivity index (χ4n) is 8.51. The normalized spacial score (nSPS) is 26.1. The van der Waals surface area contributed by atoms with Gasteiger partial charge in [0.25, 0.3) is 5.91 Å². The third-order valence-corrected chi connectivity index (χ3v) is 14.0. The number of H-pyrrole nitrogens is 1. The molecule has 3 aromatic carbocycles. The lowest BCUT2D eigenvalue weighted by Crippen LogP contribution is -2.42. The highest BCUT2D eigenvalue weighted by Crippen LogP contribution is 2.68. The Hall–Kier alpha value is -4.44. The number of nitrogens with two attached hydrogens (primary N) is 1. The Labute approximate surface area is 301 Å². The quantitative estimate of drug-likeness (QED) is 0.208. The number of benzene rings is 3. The van der Waals surface area contributed by atoms with Gasteiger partial charge in [0.1, 0.15) is 0 Å². The lowest BCUT2D eigenvalue weighted by molar-refractivity contribution is -0.123. The number of aryl methyl sites for hydroxylation is 1. The second-order valence-corrected chi connectivity index (χ2v) is 17.1. The molecule has 6 unspecified atom stereocenters. The maximum absolute atomic E-state index is 14.1. The molecule has 2 bridgehead atoms. The predicted octanol–water partition coefficient (Wildman–Crippen LogP) is 4.49. The number of sulfonamides is 1. The summed E-state index contributed by atoms with van der Waals surface area (Å²) in [6, 6.07) is 18.5. The van der Waals surface area contributed by atoms with Crippen molar-refractivity contribution in [2.45, 2.75) is 41.4 Å². The SMILES string of the molecule is CCOc1cc([C@H]2c3sc(=O)[nH]c3SC3C4CC(C5C(=O)N(c6ccc(C)cc6)C(=O)C45)C32)ccc1OCC(=O)Nc1ccc(S(N)(=O)=O)cc1. The van der Waals surface area contributed by atoms with Gasteiger partial charge >= 0.3 is 4.87 Å². The Bertz CT molecular complexity index is 2230. The minimum absolute atomic E-state index is 0.00240. The van der Waals surface area contributed by atoms with Gasteiger partial charge in [-0.3, -0.25) is 24.1 Å². The van der Waals surface area contributed by atoms with E-state index < -0.39 is 27.8 Å². The van der Waals surface area contributed by atoms with Crippen LogP contribution in [-0.4, -0.2) is 49.6 Å². The summed E-state index contributed by atoms with van der Waals surface area (Å²) in [6.45, 7) is 3.80. The van der Waals surface area contributed by atoms with E-state index in [0.29, 0.717) is 29.5 Å². The number of imide groups is 1. The first-order valence-electron chi connectivity index (χ1n) is 16.6.